The first kappa shape index (κ1) is 21.2. The van der Waals surface area contributed by atoms with Crippen molar-refractivity contribution < 1.29 is 23.2 Å². The number of hydrogen-bond donors (Lipinski definition) is 0. The molecule has 0 N–H and O–H groups in total. The summed E-state index contributed by atoms with van der Waals surface area (Å²) in [6.07, 6.45) is 0. The van der Waals surface area contributed by atoms with Crippen LogP contribution in [-0.2, 0) is 20.3 Å². The van der Waals surface area contributed by atoms with Crippen LogP contribution in [0.1, 0.15) is 25.0 Å². The molecule has 0 saturated heterocycles. The SMILES string of the molecule is COCOc1cccc(OCOC)c1C(=C(C)C)S(=O)c1ccc(C)cc1. The van der Waals surface area contributed by atoms with E-state index in [1.165, 1.54) is 0 Å². The van der Waals surface area contributed by atoms with Crippen molar-refractivity contribution in [2.75, 3.05) is 27.8 Å². The molecule has 0 aromatic heterocycles. The molecule has 1 unspecified atom stereocenters. The maximum Gasteiger partial charge on any atom is 0.188 e. The Hall–Kier alpha value is -2.15. The minimum Gasteiger partial charge on any atom is -0.467 e. The van der Waals surface area contributed by atoms with E-state index >= 15 is 0 Å². The number of aryl methyl sites for hydroxylation is 1. The quantitative estimate of drug-likeness (QED) is 0.589. The summed E-state index contributed by atoms with van der Waals surface area (Å²) >= 11 is 0. The second-order valence-corrected chi connectivity index (χ2v) is 7.56. The van der Waals surface area contributed by atoms with Crippen molar-refractivity contribution in [3.05, 3.63) is 59.2 Å². The lowest BCUT2D eigenvalue weighted by Crippen LogP contribution is -2.08. The Bertz CT molecular complexity index is 782. The highest BCUT2D eigenvalue weighted by atomic mass is 32.2. The molecule has 0 aliphatic heterocycles. The molecular weight excluding hydrogens is 364 g/mol. The minimum absolute atomic E-state index is 0.0773. The van der Waals surface area contributed by atoms with Crippen LogP contribution in [0, 0.1) is 6.92 Å². The fourth-order valence-corrected chi connectivity index (χ4v) is 3.90. The van der Waals surface area contributed by atoms with E-state index in [1.807, 2.05) is 63.2 Å². The van der Waals surface area contributed by atoms with E-state index < -0.39 is 10.8 Å². The van der Waals surface area contributed by atoms with Gasteiger partial charge >= 0.3 is 0 Å². The highest BCUT2D eigenvalue weighted by Gasteiger charge is 2.23. The second-order valence-electron chi connectivity index (χ2n) is 6.14. The Labute approximate surface area is 163 Å². The lowest BCUT2D eigenvalue weighted by atomic mass is 10.1. The van der Waals surface area contributed by atoms with Gasteiger partial charge in [0.25, 0.3) is 0 Å². The van der Waals surface area contributed by atoms with Gasteiger partial charge in [-0.05, 0) is 45.0 Å². The molecule has 27 heavy (non-hydrogen) atoms. The minimum atomic E-state index is -1.40. The molecule has 0 spiro atoms. The van der Waals surface area contributed by atoms with Crippen molar-refractivity contribution in [1.29, 1.82) is 0 Å². The number of ether oxygens (including phenoxy) is 4. The Balaban J connectivity index is 2.59. The summed E-state index contributed by atoms with van der Waals surface area (Å²) < 4.78 is 35.0. The molecule has 146 valence electrons. The molecule has 0 heterocycles. The Kier molecular flexibility index (Phi) is 8.03. The van der Waals surface area contributed by atoms with Crippen molar-refractivity contribution in [3.63, 3.8) is 0 Å². The van der Waals surface area contributed by atoms with Crippen LogP contribution < -0.4 is 9.47 Å². The Morgan fingerprint density at radius 1 is 0.889 bits per heavy atom. The van der Waals surface area contributed by atoms with Crippen LogP contribution in [0.15, 0.2) is 52.9 Å². The smallest absolute Gasteiger partial charge is 0.188 e. The van der Waals surface area contributed by atoms with Crippen LogP contribution >= 0.6 is 0 Å². The lowest BCUT2D eigenvalue weighted by Gasteiger charge is -2.19. The molecule has 0 fully saturated rings. The van der Waals surface area contributed by atoms with Gasteiger partial charge in [-0.3, -0.25) is 0 Å². The van der Waals surface area contributed by atoms with Gasteiger partial charge in [0.15, 0.2) is 13.6 Å². The topological polar surface area (TPSA) is 54.0 Å². The van der Waals surface area contributed by atoms with E-state index in [-0.39, 0.29) is 13.6 Å². The maximum absolute atomic E-state index is 13.4. The van der Waals surface area contributed by atoms with Gasteiger partial charge in [0, 0.05) is 19.1 Å². The van der Waals surface area contributed by atoms with Gasteiger partial charge in [-0.25, -0.2) is 4.21 Å². The summed E-state index contributed by atoms with van der Waals surface area (Å²) in [5.74, 6) is 1.09. The highest BCUT2D eigenvalue weighted by molar-refractivity contribution is 7.94. The Morgan fingerprint density at radius 3 is 1.85 bits per heavy atom. The monoisotopic (exact) mass is 390 g/mol. The number of rotatable bonds is 9. The van der Waals surface area contributed by atoms with Gasteiger partial charge in [0.2, 0.25) is 0 Å². The van der Waals surface area contributed by atoms with E-state index in [0.29, 0.717) is 22.0 Å². The fraction of sp³-hybridized carbons (Fsp3) is 0.333. The van der Waals surface area contributed by atoms with Crippen molar-refractivity contribution >= 4 is 15.7 Å². The van der Waals surface area contributed by atoms with Gasteiger partial charge in [0.05, 0.1) is 21.3 Å². The van der Waals surface area contributed by atoms with E-state index in [2.05, 4.69) is 0 Å². The third-order valence-electron chi connectivity index (χ3n) is 3.75. The first-order valence-corrected chi connectivity index (χ1v) is 9.67. The predicted octanol–water partition coefficient (Wildman–Crippen LogP) is 4.52. The third kappa shape index (κ3) is 5.42. The van der Waals surface area contributed by atoms with Crippen LogP contribution in [-0.4, -0.2) is 32.0 Å². The molecular formula is C21H26O5S. The van der Waals surface area contributed by atoms with Gasteiger partial charge in [-0.15, -0.1) is 0 Å². The van der Waals surface area contributed by atoms with E-state index in [0.717, 1.165) is 16.0 Å². The first-order chi connectivity index (χ1) is 13.0. The third-order valence-corrected chi connectivity index (χ3v) is 5.44. The number of methoxy groups -OCH3 is 2. The summed E-state index contributed by atoms with van der Waals surface area (Å²) in [5.41, 5.74) is 2.66. The summed E-state index contributed by atoms with van der Waals surface area (Å²) in [6.45, 7) is 6.00. The zero-order valence-electron chi connectivity index (χ0n) is 16.4. The molecule has 5 nitrogen and oxygen atoms in total. The number of hydrogen-bond acceptors (Lipinski definition) is 5. The average Bonchev–Trinajstić information content (AvgIpc) is 2.66. The normalized spacial score (nSPS) is 11.7. The van der Waals surface area contributed by atoms with Crippen LogP contribution in [0.4, 0.5) is 0 Å². The van der Waals surface area contributed by atoms with E-state index in [1.54, 1.807) is 14.2 Å². The summed E-state index contributed by atoms with van der Waals surface area (Å²) in [5, 5.41) is 0. The predicted molar refractivity (Wildman–Crippen MR) is 107 cm³/mol. The van der Waals surface area contributed by atoms with E-state index in [4.69, 9.17) is 18.9 Å². The maximum atomic E-state index is 13.4. The van der Waals surface area contributed by atoms with Crippen LogP contribution in [0.3, 0.4) is 0 Å². The summed E-state index contributed by atoms with van der Waals surface area (Å²) in [4.78, 5) is 1.37. The first-order valence-electron chi connectivity index (χ1n) is 8.52. The average molecular weight is 391 g/mol. The van der Waals surface area contributed by atoms with Crippen molar-refractivity contribution in [2.45, 2.75) is 25.7 Å². The zero-order valence-corrected chi connectivity index (χ0v) is 17.2. The second kappa shape index (κ2) is 10.3. The standard InChI is InChI=1S/C21H26O5S/c1-15(2)21(27(22)17-11-9-16(3)10-12-17)20-18(25-13-23-4)7-6-8-19(20)26-14-24-5/h6-12H,13-14H2,1-5H3. The fourth-order valence-electron chi connectivity index (χ4n) is 2.53. The largest absolute Gasteiger partial charge is 0.467 e. The number of allylic oxidation sites excluding steroid dienone is 1. The molecule has 2 aromatic rings. The van der Waals surface area contributed by atoms with Crippen LogP contribution in [0.2, 0.25) is 0 Å². The molecule has 1 atom stereocenters. The lowest BCUT2D eigenvalue weighted by molar-refractivity contribution is 0.0457. The summed E-state index contributed by atoms with van der Waals surface area (Å²) in [7, 11) is 1.70. The van der Waals surface area contributed by atoms with Gasteiger partial charge < -0.3 is 18.9 Å². The van der Waals surface area contributed by atoms with Gasteiger partial charge in [-0.1, -0.05) is 29.3 Å². The molecule has 0 amide bonds. The molecule has 2 rings (SSSR count). The molecule has 0 aliphatic rings. The molecule has 0 radical (unpaired) electrons. The Morgan fingerprint density at radius 2 is 1.41 bits per heavy atom. The molecule has 0 aliphatic carbocycles. The van der Waals surface area contributed by atoms with Crippen molar-refractivity contribution in [1.82, 2.24) is 0 Å². The molecule has 6 heteroatoms. The van der Waals surface area contributed by atoms with E-state index in [9.17, 15) is 4.21 Å². The van der Waals surface area contributed by atoms with Crippen molar-refractivity contribution in [2.24, 2.45) is 0 Å². The van der Waals surface area contributed by atoms with Gasteiger partial charge in [0.1, 0.15) is 11.5 Å². The molecule has 0 bridgehead atoms. The van der Waals surface area contributed by atoms with Gasteiger partial charge in [-0.2, -0.15) is 0 Å². The van der Waals surface area contributed by atoms with Crippen LogP contribution in [0.5, 0.6) is 11.5 Å². The molecule has 2 aromatic carbocycles. The molecule has 0 saturated carbocycles. The van der Waals surface area contributed by atoms with Crippen molar-refractivity contribution in [3.8, 4) is 11.5 Å². The van der Waals surface area contributed by atoms with Crippen LogP contribution in [0.25, 0.3) is 4.91 Å². The zero-order chi connectivity index (χ0) is 19.8. The number of benzene rings is 2. The summed E-state index contributed by atoms with van der Waals surface area (Å²) in [6, 6.07) is 13.1. The highest BCUT2D eigenvalue weighted by Crippen LogP contribution is 2.40.